The van der Waals surface area contributed by atoms with Gasteiger partial charge in [-0.2, -0.15) is 0 Å². The minimum atomic E-state index is -0.388. The molecule has 0 aliphatic carbocycles. The van der Waals surface area contributed by atoms with Crippen LogP contribution in [0.15, 0.2) is 28.6 Å². The van der Waals surface area contributed by atoms with Gasteiger partial charge in [0.25, 0.3) is 5.56 Å². The third-order valence-electron chi connectivity index (χ3n) is 2.07. The van der Waals surface area contributed by atoms with E-state index in [2.05, 4.69) is 20.6 Å². The molecule has 0 unspecified atom stereocenters. The summed E-state index contributed by atoms with van der Waals surface area (Å²) in [5.41, 5.74) is -0.264. The van der Waals surface area contributed by atoms with Crippen LogP contribution in [0.2, 0.25) is 0 Å². The molecule has 2 heterocycles. The van der Waals surface area contributed by atoms with Gasteiger partial charge in [-0.05, 0) is 11.4 Å². The number of nitrogens with zero attached hydrogens (tertiary/aromatic N) is 1. The summed E-state index contributed by atoms with van der Waals surface area (Å²) in [5.74, 6) is 0.356. The fourth-order valence-electron chi connectivity index (χ4n) is 1.31. The fourth-order valence-corrected chi connectivity index (χ4v) is 1.96. The Labute approximate surface area is 101 Å². The standard InChI is InChI=1S/C10H10N4O2S/c15-6-14-8-9(12-5-13-10(8)16)11-4-7-2-1-3-17-7/h1-3,5-6H,4H2,(H,14,15)(H2,11,12,13,16). The molecular weight excluding hydrogens is 240 g/mol. The van der Waals surface area contributed by atoms with E-state index in [0.717, 1.165) is 4.88 Å². The van der Waals surface area contributed by atoms with Crippen molar-refractivity contribution < 1.29 is 4.79 Å². The van der Waals surface area contributed by atoms with E-state index in [9.17, 15) is 9.59 Å². The summed E-state index contributed by atoms with van der Waals surface area (Å²) in [6.07, 6.45) is 1.73. The number of anilines is 2. The molecule has 0 aromatic carbocycles. The number of amides is 1. The number of aromatic amines is 1. The lowest BCUT2D eigenvalue weighted by atomic mass is 10.4. The Kier molecular flexibility index (Phi) is 3.51. The largest absolute Gasteiger partial charge is 0.363 e. The van der Waals surface area contributed by atoms with Crippen LogP contribution in [-0.2, 0) is 11.3 Å². The Balaban J connectivity index is 2.17. The molecular formula is C10H10N4O2S. The van der Waals surface area contributed by atoms with E-state index in [1.165, 1.54) is 6.33 Å². The molecule has 0 atom stereocenters. The highest BCUT2D eigenvalue weighted by atomic mass is 32.1. The van der Waals surface area contributed by atoms with Crippen LogP contribution < -0.4 is 16.2 Å². The summed E-state index contributed by atoms with van der Waals surface area (Å²) in [6.45, 7) is 0.557. The zero-order valence-corrected chi connectivity index (χ0v) is 9.58. The summed E-state index contributed by atoms with van der Waals surface area (Å²) in [6, 6.07) is 3.91. The normalized spacial score (nSPS) is 9.88. The van der Waals surface area contributed by atoms with Gasteiger partial charge >= 0.3 is 0 Å². The molecule has 7 heteroatoms. The average Bonchev–Trinajstić information content (AvgIpc) is 2.83. The first-order valence-electron chi connectivity index (χ1n) is 4.85. The first-order chi connectivity index (χ1) is 8.31. The highest BCUT2D eigenvalue weighted by Crippen LogP contribution is 2.15. The van der Waals surface area contributed by atoms with Crippen LogP contribution in [0.25, 0.3) is 0 Å². The summed E-state index contributed by atoms with van der Waals surface area (Å²) in [4.78, 5) is 29.3. The molecule has 6 nitrogen and oxygen atoms in total. The number of thiophene rings is 1. The summed E-state index contributed by atoms with van der Waals surface area (Å²) >= 11 is 1.60. The van der Waals surface area contributed by atoms with Crippen molar-refractivity contribution in [1.29, 1.82) is 0 Å². The Morgan fingerprint density at radius 1 is 1.53 bits per heavy atom. The topological polar surface area (TPSA) is 86.9 Å². The van der Waals surface area contributed by atoms with Crippen LogP contribution in [0.5, 0.6) is 0 Å². The lowest BCUT2D eigenvalue weighted by Gasteiger charge is -2.07. The second kappa shape index (κ2) is 5.26. The van der Waals surface area contributed by atoms with E-state index < -0.39 is 0 Å². The van der Waals surface area contributed by atoms with Crippen molar-refractivity contribution in [3.63, 3.8) is 0 Å². The maximum atomic E-state index is 11.4. The average molecular weight is 250 g/mol. The van der Waals surface area contributed by atoms with Gasteiger partial charge in [-0.1, -0.05) is 6.07 Å². The smallest absolute Gasteiger partial charge is 0.276 e. The molecule has 0 spiro atoms. The van der Waals surface area contributed by atoms with Gasteiger partial charge in [0, 0.05) is 4.88 Å². The van der Waals surface area contributed by atoms with Crippen molar-refractivity contribution in [3.05, 3.63) is 39.1 Å². The second-order valence-electron chi connectivity index (χ2n) is 3.15. The van der Waals surface area contributed by atoms with Gasteiger partial charge in [0.15, 0.2) is 5.82 Å². The van der Waals surface area contributed by atoms with Gasteiger partial charge in [-0.15, -0.1) is 11.3 Å². The molecule has 0 saturated carbocycles. The summed E-state index contributed by atoms with van der Waals surface area (Å²) < 4.78 is 0. The van der Waals surface area contributed by atoms with Crippen LogP contribution >= 0.6 is 11.3 Å². The van der Waals surface area contributed by atoms with E-state index in [1.54, 1.807) is 11.3 Å². The minimum absolute atomic E-state index is 0.124. The predicted molar refractivity (Wildman–Crippen MR) is 66.2 cm³/mol. The fraction of sp³-hybridized carbons (Fsp3) is 0.100. The van der Waals surface area contributed by atoms with Crippen molar-refractivity contribution in [3.8, 4) is 0 Å². The van der Waals surface area contributed by atoms with Crippen LogP contribution in [0.1, 0.15) is 4.88 Å². The van der Waals surface area contributed by atoms with Gasteiger partial charge < -0.3 is 15.6 Å². The Hall–Kier alpha value is -2.15. The van der Waals surface area contributed by atoms with Crippen molar-refractivity contribution in [2.45, 2.75) is 6.54 Å². The number of carbonyl (C=O) groups is 1. The molecule has 1 amide bonds. The van der Waals surface area contributed by atoms with Crippen LogP contribution in [0.3, 0.4) is 0 Å². The second-order valence-corrected chi connectivity index (χ2v) is 4.18. The number of H-pyrrole nitrogens is 1. The third kappa shape index (κ3) is 2.70. The molecule has 17 heavy (non-hydrogen) atoms. The van der Waals surface area contributed by atoms with E-state index in [1.807, 2.05) is 17.5 Å². The van der Waals surface area contributed by atoms with Crippen LogP contribution in [0, 0.1) is 0 Å². The molecule has 0 saturated heterocycles. The highest BCUT2D eigenvalue weighted by molar-refractivity contribution is 7.09. The molecule has 0 aliphatic heterocycles. The molecule has 0 bridgehead atoms. The zero-order chi connectivity index (χ0) is 12.1. The first kappa shape index (κ1) is 11.3. The first-order valence-corrected chi connectivity index (χ1v) is 5.73. The van der Waals surface area contributed by atoms with Crippen molar-refractivity contribution in [2.75, 3.05) is 10.6 Å². The maximum Gasteiger partial charge on any atom is 0.276 e. The van der Waals surface area contributed by atoms with Crippen molar-refractivity contribution >= 4 is 29.3 Å². The van der Waals surface area contributed by atoms with Crippen LogP contribution in [0.4, 0.5) is 11.5 Å². The minimum Gasteiger partial charge on any atom is -0.363 e. The molecule has 2 aromatic heterocycles. The van der Waals surface area contributed by atoms with Gasteiger partial charge in [0.2, 0.25) is 6.41 Å². The zero-order valence-electron chi connectivity index (χ0n) is 8.77. The van der Waals surface area contributed by atoms with Gasteiger partial charge in [-0.25, -0.2) is 4.98 Å². The summed E-state index contributed by atoms with van der Waals surface area (Å²) in [5, 5.41) is 7.29. The Bertz CT molecular complexity index is 550. The third-order valence-corrected chi connectivity index (χ3v) is 2.94. The Morgan fingerprint density at radius 3 is 3.12 bits per heavy atom. The van der Waals surface area contributed by atoms with E-state index in [-0.39, 0.29) is 11.2 Å². The van der Waals surface area contributed by atoms with Gasteiger partial charge in [0.1, 0.15) is 5.69 Å². The molecule has 0 aliphatic rings. The van der Waals surface area contributed by atoms with Crippen LogP contribution in [-0.4, -0.2) is 16.4 Å². The molecule has 88 valence electrons. The van der Waals surface area contributed by atoms with E-state index in [4.69, 9.17) is 0 Å². The molecule has 0 fully saturated rings. The molecule has 0 radical (unpaired) electrons. The number of rotatable bonds is 5. The van der Waals surface area contributed by atoms with Crippen molar-refractivity contribution in [1.82, 2.24) is 9.97 Å². The van der Waals surface area contributed by atoms with Gasteiger partial charge in [0.05, 0.1) is 12.9 Å². The highest BCUT2D eigenvalue weighted by Gasteiger charge is 2.07. The molecule has 3 N–H and O–H groups in total. The lowest BCUT2D eigenvalue weighted by Crippen LogP contribution is -2.17. The molecule has 2 aromatic rings. The molecule has 2 rings (SSSR count). The van der Waals surface area contributed by atoms with Gasteiger partial charge in [-0.3, -0.25) is 9.59 Å². The quantitative estimate of drug-likeness (QED) is 0.691. The lowest BCUT2D eigenvalue weighted by molar-refractivity contribution is -0.105. The predicted octanol–water partition coefficient (Wildman–Crippen LogP) is 1.01. The monoisotopic (exact) mass is 250 g/mol. The van der Waals surface area contributed by atoms with E-state index >= 15 is 0 Å². The maximum absolute atomic E-state index is 11.4. The number of nitrogens with one attached hydrogen (secondary N) is 3. The van der Waals surface area contributed by atoms with E-state index in [0.29, 0.717) is 18.8 Å². The summed E-state index contributed by atoms with van der Waals surface area (Å²) in [7, 11) is 0. The SMILES string of the molecule is O=CNc1c(NCc2cccs2)nc[nH]c1=O. The number of hydrogen-bond acceptors (Lipinski definition) is 5. The number of aromatic nitrogens is 2. The van der Waals surface area contributed by atoms with Crippen molar-refractivity contribution in [2.24, 2.45) is 0 Å². The Morgan fingerprint density at radius 2 is 2.41 bits per heavy atom. The number of hydrogen-bond donors (Lipinski definition) is 3. The number of carbonyl (C=O) groups excluding carboxylic acids is 1.